The Labute approximate surface area is 125 Å². The molecule has 0 bridgehead atoms. The summed E-state index contributed by atoms with van der Waals surface area (Å²) < 4.78 is 6.04. The fourth-order valence-corrected chi connectivity index (χ4v) is 2.40. The maximum Gasteiger partial charge on any atom is 0.133 e. The van der Waals surface area contributed by atoms with Crippen molar-refractivity contribution in [3.05, 3.63) is 51.5 Å². The summed E-state index contributed by atoms with van der Waals surface area (Å²) in [6.45, 7) is 0.491. The van der Waals surface area contributed by atoms with Gasteiger partial charge in [0.2, 0.25) is 0 Å². The van der Waals surface area contributed by atoms with Crippen molar-refractivity contribution in [2.24, 2.45) is 0 Å². The minimum absolute atomic E-state index is 0.226. The van der Waals surface area contributed by atoms with Gasteiger partial charge in [0, 0.05) is 22.8 Å². The highest BCUT2D eigenvalue weighted by molar-refractivity contribution is 9.10. The number of benzene rings is 2. The van der Waals surface area contributed by atoms with Crippen LogP contribution in [0.5, 0.6) is 11.5 Å². The number of hydrogen-bond donors (Lipinski definition) is 2. The largest absolute Gasteiger partial charge is 0.508 e. The standard InChI is InChI=1S/C14H13BrClNO2/c1-19-14-5-3-11(7-12(14)15)17-8-9-6-10(16)2-4-13(9)18/h2-7,17-18H,8H2,1H3. The third-order valence-corrected chi connectivity index (χ3v) is 3.53. The zero-order valence-corrected chi connectivity index (χ0v) is 12.6. The van der Waals surface area contributed by atoms with Gasteiger partial charge in [0.15, 0.2) is 0 Å². The molecule has 0 heterocycles. The molecule has 5 heteroatoms. The van der Waals surface area contributed by atoms with Gasteiger partial charge in [-0.3, -0.25) is 0 Å². The first-order chi connectivity index (χ1) is 9.10. The number of aromatic hydroxyl groups is 1. The number of hydrogen-bond acceptors (Lipinski definition) is 3. The van der Waals surface area contributed by atoms with Crippen molar-refractivity contribution in [2.75, 3.05) is 12.4 Å². The third-order valence-electron chi connectivity index (χ3n) is 2.68. The first-order valence-electron chi connectivity index (χ1n) is 5.65. The van der Waals surface area contributed by atoms with E-state index in [4.69, 9.17) is 16.3 Å². The number of nitrogens with one attached hydrogen (secondary N) is 1. The van der Waals surface area contributed by atoms with E-state index in [9.17, 15) is 5.11 Å². The Hall–Kier alpha value is -1.39. The van der Waals surface area contributed by atoms with Gasteiger partial charge in [0.1, 0.15) is 11.5 Å². The molecule has 0 atom stereocenters. The van der Waals surface area contributed by atoms with E-state index in [0.29, 0.717) is 11.6 Å². The van der Waals surface area contributed by atoms with Crippen molar-refractivity contribution in [2.45, 2.75) is 6.54 Å². The van der Waals surface area contributed by atoms with Crippen LogP contribution in [0.15, 0.2) is 40.9 Å². The zero-order chi connectivity index (χ0) is 13.8. The van der Waals surface area contributed by atoms with E-state index in [-0.39, 0.29) is 5.75 Å². The van der Waals surface area contributed by atoms with Crippen molar-refractivity contribution >= 4 is 33.2 Å². The van der Waals surface area contributed by atoms with E-state index in [1.54, 1.807) is 25.3 Å². The SMILES string of the molecule is COc1ccc(NCc2cc(Cl)ccc2O)cc1Br. The van der Waals surface area contributed by atoms with Crippen molar-refractivity contribution in [3.63, 3.8) is 0 Å². The Morgan fingerprint density at radius 2 is 2.05 bits per heavy atom. The Bertz CT molecular complexity index is 590. The predicted molar refractivity (Wildman–Crippen MR) is 81.1 cm³/mol. The highest BCUT2D eigenvalue weighted by Crippen LogP contribution is 2.28. The molecule has 0 aliphatic rings. The van der Waals surface area contributed by atoms with Crippen LogP contribution in [-0.2, 0) is 6.54 Å². The van der Waals surface area contributed by atoms with Crippen LogP contribution in [0.4, 0.5) is 5.69 Å². The summed E-state index contributed by atoms with van der Waals surface area (Å²) in [7, 11) is 1.62. The monoisotopic (exact) mass is 341 g/mol. The van der Waals surface area contributed by atoms with Gasteiger partial charge in [-0.1, -0.05) is 11.6 Å². The fourth-order valence-electron chi connectivity index (χ4n) is 1.67. The van der Waals surface area contributed by atoms with E-state index in [0.717, 1.165) is 21.5 Å². The van der Waals surface area contributed by atoms with Crippen LogP contribution in [-0.4, -0.2) is 12.2 Å². The summed E-state index contributed by atoms with van der Waals surface area (Å²) in [6.07, 6.45) is 0. The lowest BCUT2D eigenvalue weighted by molar-refractivity contribution is 0.412. The average molecular weight is 343 g/mol. The molecule has 2 N–H and O–H groups in total. The highest BCUT2D eigenvalue weighted by atomic mass is 79.9. The number of rotatable bonds is 4. The van der Waals surface area contributed by atoms with Gasteiger partial charge in [-0.25, -0.2) is 0 Å². The smallest absolute Gasteiger partial charge is 0.133 e. The minimum atomic E-state index is 0.226. The number of methoxy groups -OCH3 is 1. The molecule has 19 heavy (non-hydrogen) atoms. The number of ether oxygens (including phenoxy) is 1. The van der Waals surface area contributed by atoms with Crippen LogP contribution in [0.2, 0.25) is 5.02 Å². The van der Waals surface area contributed by atoms with Gasteiger partial charge >= 0.3 is 0 Å². The summed E-state index contributed by atoms with van der Waals surface area (Å²) in [4.78, 5) is 0. The molecule has 0 saturated carbocycles. The molecule has 0 saturated heterocycles. The molecular formula is C14H13BrClNO2. The molecule has 0 radical (unpaired) electrons. The Balaban J connectivity index is 2.10. The molecular weight excluding hydrogens is 330 g/mol. The van der Waals surface area contributed by atoms with Crippen LogP contribution in [0.25, 0.3) is 0 Å². The maximum absolute atomic E-state index is 9.72. The summed E-state index contributed by atoms with van der Waals surface area (Å²) in [5.41, 5.74) is 1.67. The van der Waals surface area contributed by atoms with E-state index < -0.39 is 0 Å². The number of phenolic OH excluding ortho intramolecular Hbond substituents is 1. The Kier molecular flexibility index (Phi) is 4.56. The second-order valence-electron chi connectivity index (χ2n) is 3.98. The number of anilines is 1. The number of halogens is 2. The van der Waals surface area contributed by atoms with Crippen LogP contribution in [0, 0.1) is 0 Å². The molecule has 0 amide bonds. The maximum atomic E-state index is 9.72. The molecule has 100 valence electrons. The molecule has 0 aromatic heterocycles. The summed E-state index contributed by atoms with van der Waals surface area (Å²) in [6, 6.07) is 10.7. The normalized spacial score (nSPS) is 10.3. The van der Waals surface area contributed by atoms with Crippen LogP contribution in [0.1, 0.15) is 5.56 Å². The molecule has 2 rings (SSSR count). The second kappa shape index (κ2) is 6.17. The van der Waals surface area contributed by atoms with Crippen LogP contribution >= 0.6 is 27.5 Å². The first-order valence-corrected chi connectivity index (χ1v) is 6.82. The molecule has 3 nitrogen and oxygen atoms in total. The van der Waals surface area contributed by atoms with Gasteiger partial charge < -0.3 is 15.2 Å². The van der Waals surface area contributed by atoms with E-state index in [1.807, 2.05) is 18.2 Å². The van der Waals surface area contributed by atoms with Gasteiger partial charge in [-0.05, 0) is 52.3 Å². The van der Waals surface area contributed by atoms with Crippen molar-refractivity contribution < 1.29 is 9.84 Å². The van der Waals surface area contributed by atoms with E-state index in [1.165, 1.54) is 0 Å². The Morgan fingerprint density at radius 3 is 2.74 bits per heavy atom. The van der Waals surface area contributed by atoms with Crippen LogP contribution in [0.3, 0.4) is 0 Å². The highest BCUT2D eigenvalue weighted by Gasteiger charge is 2.04. The molecule has 0 fully saturated rings. The zero-order valence-electron chi connectivity index (χ0n) is 10.3. The molecule has 0 aliphatic heterocycles. The van der Waals surface area contributed by atoms with Crippen molar-refractivity contribution in [1.29, 1.82) is 0 Å². The lowest BCUT2D eigenvalue weighted by Crippen LogP contribution is -2.00. The van der Waals surface area contributed by atoms with Crippen molar-refractivity contribution in [3.8, 4) is 11.5 Å². The molecule has 2 aromatic carbocycles. The third kappa shape index (κ3) is 3.55. The average Bonchev–Trinajstić information content (AvgIpc) is 2.40. The van der Waals surface area contributed by atoms with Crippen molar-refractivity contribution in [1.82, 2.24) is 0 Å². The molecule has 0 unspecified atom stereocenters. The van der Waals surface area contributed by atoms with Gasteiger partial charge in [0.05, 0.1) is 11.6 Å². The quantitative estimate of drug-likeness (QED) is 0.863. The fraction of sp³-hybridized carbons (Fsp3) is 0.143. The topological polar surface area (TPSA) is 41.5 Å². The second-order valence-corrected chi connectivity index (χ2v) is 5.27. The molecule has 2 aromatic rings. The van der Waals surface area contributed by atoms with E-state index in [2.05, 4.69) is 21.2 Å². The summed E-state index contributed by atoms with van der Waals surface area (Å²) in [5.74, 6) is 1.00. The van der Waals surface area contributed by atoms with Gasteiger partial charge in [-0.2, -0.15) is 0 Å². The Morgan fingerprint density at radius 1 is 1.26 bits per heavy atom. The predicted octanol–water partition coefficient (Wildman–Crippen LogP) is 4.43. The minimum Gasteiger partial charge on any atom is -0.508 e. The lowest BCUT2D eigenvalue weighted by atomic mass is 10.2. The molecule has 0 spiro atoms. The van der Waals surface area contributed by atoms with E-state index >= 15 is 0 Å². The summed E-state index contributed by atoms with van der Waals surface area (Å²) >= 11 is 9.32. The lowest BCUT2D eigenvalue weighted by Gasteiger charge is -2.10. The number of phenols is 1. The van der Waals surface area contributed by atoms with Crippen LogP contribution < -0.4 is 10.1 Å². The molecule has 0 aliphatic carbocycles. The first kappa shape index (κ1) is 14.0. The van der Waals surface area contributed by atoms with Gasteiger partial charge in [0.25, 0.3) is 0 Å². The summed E-state index contributed by atoms with van der Waals surface area (Å²) in [5, 5.41) is 13.5. The van der Waals surface area contributed by atoms with Gasteiger partial charge in [-0.15, -0.1) is 0 Å².